The summed E-state index contributed by atoms with van der Waals surface area (Å²) in [5, 5.41) is 11.2. The minimum atomic E-state index is 0. The fourth-order valence-electron chi connectivity index (χ4n) is 1.81. The first-order valence-corrected chi connectivity index (χ1v) is 6.34. The molecule has 0 spiro atoms. The number of guanidine groups is 1. The fourth-order valence-corrected chi connectivity index (χ4v) is 1.81. The zero-order valence-electron chi connectivity index (χ0n) is 10.9. The minimum absolute atomic E-state index is 0. The SMILES string of the molecule is I.NC(=NCc1nncn1-c1ccccc1)NC1CC1. The van der Waals surface area contributed by atoms with Crippen LogP contribution < -0.4 is 11.1 Å². The Morgan fingerprint density at radius 2 is 2.10 bits per heavy atom. The molecule has 106 valence electrons. The van der Waals surface area contributed by atoms with Crippen molar-refractivity contribution in [3.05, 3.63) is 42.5 Å². The Morgan fingerprint density at radius 3 is 2.80 bits per heavy atom. The zero-order valence-corrected chi connectivity index (χ0v) is 13.3. The lowest BCUT2D eigenvalue weighted by atomic mass is 10.3. The topological polar surface area (TPSA) is 81.1 Å². The monoisotopic (exact) mass is 384 g/mol. The molecule has 1 aromatic heterocycles. The predicted octanol–water partition coefficient (Wildman–Crippen LogP) is 1.45. The van der Waals surface area contributed by atoms with E-state index in [2.05, 4.69) is 20.5 Å². The van der Waals surface area contributed by atoms with Crippen molar-refractivity contribution in [3.8, 4) is 5.69 Å². The number of halogens is 1. The normalized spacial score (nSPS) is 14.7. The lowest BCUT2D eigenvalue weighted by Crippen LogP contribution is -2.33. The van der Waals surface area contributed by atoms with Gasteiger partial charge in [-0.15, -0.1) is 34.2 Å². The van der Waals surface area contributed by atoms with E-state index in [-0.39, 0.29) is 24.0 Å². The highest BCUT2D eigenvalue weighted by atomic mass is 127. The number of rotatable bonds is 4. The molecule has 1 aliphatic rings. The second-order valence-corrected chi connectivity index (χ2v) is 4.57. The first-order chi connectivity index (χ1) is 9.33. The van der Waals surface area contributed by atoms with Crippen LogP contribution in [-0.2, 0) is 6.54 Å². The van der Waals surface area contributed by atoms with E-state index in [1.54, 1.807) is 6.33 Å². The van der Waals surface area contributed by atoms with Crippen LogP contribution in [0, 0.1) is 0 Å². The fraction of sp³-hybridized carbons (Fsp3) is 0.308. The molecular formula is C13H17IN6. The number of nitrogens with two attached hydrogens (primary N) is 1. The van der Waals surface area contributed by atoms with Crippen molar-refractivity contribution >= 4 is 29.9 Å². The number of para-hydroxylation sites is 1. The molecule has 1 fully saturated rings. The van der Waals surface area contributed by atoms with E-state index >= 15 is 0 Å². The van der Waals surface area contributed by atoms with Crippen LogP contribution in [0.5, 0.6) is 0 Å². The van der Waals surface area contributed by atoms with Crippen molar-refractivity contribution in [1.29, 1.82) is 0 Å². The molecule has 2 aromatic rings. The number of nitrogens with one attached hydrogen (secondary N) is 1. The summed E-state index contributed by atoms with van der Waals surface area (Å²) in [6.45, 7) is 0.417. The van der Waals surface area contributed by atoms with E-state index < -0.39 is 0 Å². The van der Waals surface area contributed by atoms with Crippen LogP contribution in [-0.4, -0.2) is 26.8 Å². The Labute approximate surface area is 134 Å². The summed E-state index contributed by atoms with van der Waals surface area (Å²) in [6, 6.07) is 10.4. The third-order valence-electron chi connectivity index (χ3n) is 2.97. The Balaban J connectivity index is 0.00000147. The highest BCUT2D eigenvalue weighted by molar-refractivity contribution is 14.0. The molecule has 0 amide bonds. The van der Waals surface area contributed by atoms with E-state index in [1.165, 1.54) is 12.8 Å². The molecule has 0 radical (unpaired) electrons. The quantitative estimate of drug-likeness (QED) is 0.475. The van der Waals surface area contributed by atoms with E-state index in [1.807, 2.05) is 34.9 Å². The van der Waals surface area contributed by atoms with E-state index in [0.29, 0.717) is 18.5 Å². The van der Waals surface area contributed by atoms with Gasteiger partial charge in [0, 0.05) is 11.7 Å². The number of hydrogen-bond donors (Lipinski definition) is 2. The number of hydrogen-bond acceptors (Lipinski definition) is 3. The molecule has 3 rings (SSSR count). The molecule has 7 heteroatoms. The number of aliphatic imine (C=N–C) groups is 1. The molecule has 1 heterocycles. The predicted molar refractivity (Wildman–Crippen MR) is 88.3 cm³/mol. The van der Waals surface area contributed by atoms with Gasteiger partial charge in [0.2, 0.25) is 0 Å². The van der Waals surface area contributed by atoms with Crippen molar-refractivity contribution in [2.45, 2.75) is 25.4 Å². The average Bonchev–Trinajstić information content (AvgIpc) is 3.12. The summed E-state index contributed by atoms with van der Waals surface area (Å²) in [6.07, 6.45) is 4.04. The van der Waals surface area contributed by atoms with E-state index in [9.17, 15) is 0 Å². The Kier molecular flexibility index (Phi) is 4.94. The van der Waals surface area contributed by atoms with E-state index in [4.69, 9.17) is 5.73 Å². The number of aromatic nitrogens is 3. The van der Waals surface area contributed by atoms with Crippen molar-refractivity contribution < 1.29 is 0 Å². The van der Waals surface area contributed by atoms with Gasteiger partial charge in [-0.25, -0.2) is 4.99 Å². The number of benzene rings is 1. The maximum absolute atomic E-state index is 5.80. The average molecular weight is 384 g/mol. The zero-order chi connectivity index (χ0) is 13.1. The van der Waals surface area contributed by atoms with Gasteiger partial charge in [0.15, 0.2) is 11.8 Å². The van der Waals surface area contributed by atoms with Gasteiger partial charge in [-0.05, 0) is 25.0 Å². The van der Waals surface area contributed by atoms with E-state index in [0.717, 1.165) is 11.5 Å². The Bertz CT molecular complexity index is 576. The summed E-state index contributed by atoms with van der Waals surface area (Å²) in [5.74, 6) is 1.25. The minimum Gasteiger partial charge on any atom is -0.370 e. The van der Waals surface area contributed by atoms with Crippen molar-refractivity contribution in [3.63, 3.8) is 0 Å². The first kappa shape index (κ1) is 14.8. The van der Waals surface area contributed by atoms with Crippen LogP contribution in [0.2, 0.25) is 0 Å². The summed E-state index contributed by atoms with van der Waals surface area (Å²) in [5.41, 5.74) is 6.82. The molecule has 1 aromatic carbocycles. The smallest absolute Gasteiger partial charge is 0.189 e. The molecule has 6 nitrogen and oxygen atoms in total. The van der Waals surface area contributed by atoms with Crippen molar-refractivity contribution in [2.24, 2.45) is 10.7 Å². The molecule has 20 heavy (non-hydrogen) atoms. The summed E-state index contributed by atoms with van der Waals surface area (Å²) >= 11 is 0. The molecule has 3 N–H and O–H groups in total. The third-order valence-corrected chi connectivity index (χ3v) is 2.97. The van der Waals surface area contributed by atoms with Gasteiger partial charge in [0.1, 0.15) is 12.9 Å². The molecule has 1 saturated carbocycles. The lowest BCUT2D eigenvalue weighted by molar-refractivity contribution is 0.831. The first-order valence-electron chi connectivity index (χ1n) is 6.34. The van der Waals surface area contributed by atoms with Gasteiger partial charge in [0.25, 0.3) is 0 Å². The summed E-state index contributed by atoms with van der Waals surface area (Å²) in [4.78, 5) is 4.29. The van der Waals surface area contributed by atoms with Gasteiger partial charge in [-0.3, -0.25) is 4.57 Å². The van der Waals surface area contributed by atoms with Crippen LogP contribution in [0.1, 0.15) is 18.7 Å². The lowest BCUT2D eigenvalue weighted by Gasteiger charge is -2.05. The highest BCUT2D eigenvalue weighted by Crippen LogP contribution is 2.18. The van der Waals surface area contributed by atoms with Crippen molar-refractivity contribution in [2.75, 3.05) is 0 Å². The standard InChI is InChI=1S/C13H16N6.HI/c14-13(17-10-6-7-10)15-8-12-18-16-9-19(12)11-4-2-1-3-5-11;/h1-5,9-10H,6-8H2,(H3,14,15,17);1H. The second kappa shape index (κ2) is 6.69. The Hall–Kier alpha value is -1.64. The summed E-state index contributed by atoms with van der Waals surface area (Å²) in [7, 11) is 0. The molecule has 0 unspecified atom stereocenters. The van der Waals surface area contributed by atoms with Crippen LogP contribution in [0.3, 0.4) is 0 Å². The maximum atomic E-state index is 5.80. The Morgan fingerprint density at radius 1 is 1.35 bits per heavy atom. The molecule has 0 bridgehead atoms. The maximum Gasteiger partial charge on any atom is 0.189 e. The molecular weight excluding hydrogens is 367 g/mol. The van der Waals surface area contributed by atoms with Gasteiger partial charge >= 0.3 is 0 Å². The largest absolute Gasteiger partial charge is 0.370 e. The van der Waals surface area contributed by atoms with Crippen LogP contribution in [0.15, 0.2) is 41.7 Å². The van der Waals surface area contributed by atoms with Gasteiger partial charge in [0.05, 0.1) is 0 Å². The van der Waals surface area contributed by atoms with Crippen molar-refractivity contribution in [1.82, 2.24) is 20.1 Å². The molecule has 0 aliphatic heterocycles. The van der Waals surface area contributed by atoms with Crippen LogP contribution in [0.4, 0.5) is 0 Å². The van der Waals surface area contributed by atoms with Crippen LogP contribution in [0.25, 0.3) is 5.69 Å². The number of nitrogens with zero attached hydrogens (tertiary/aromatic N) is 4. The summed E-state index contributed by atoms with van der Waals surface area (Å²) < 4.78 is 1.91. The molecule has 0 atom stereocenters. The van der Waals surface area contributed by atoms with Gasteiger partial charge in [-0.2, -0.15) is 0 Å². The second-order valence-electron chi connectivity index (χ2n) is 4.57. The van der Waals surface area contributed by atoms with Gasteiger partial charge in [-0.1, -0.05) is 18.2 Å². The van der Waals surface area contributed by atoms with Crippen LogP contribution >= 0.6 is 24.0 Å². The third kappa shape index (κ3) is 3.69. The molecule has 1 aliphatic carbocycles. The van der Waals surface area contributed by atoms with Gasteiger partial charge < -0.3 is 11.1 Å². The molecule has 0 saturated heterocycles. The highest BCUT2D eigenvalue weighted by Gasteiger charge is 2.21.